The molecule has 1 saturated heterocycles. The molecular formula is C18H30FIN4. The van der Waals surface area contributed by atoms with Crippen LogP contribution in [0.15, 0.2) is 29.3 Å². The summed E-state index contributed by atoms with van der Waals surface area (Å²) in [5, 5.41) is 3.46. The van der Waals surface area contributed by atoms with E-state index in [4.69, 9.17) is 0 Å². The topological polar surface area (TPSA) is 30.9 Å². The average molecular weight is 448 g/mol. The highest BCUT2D eigenvalue weighted by Gasteiger charge is 2.22. The molecule has 1 heterocycles. The minimum absolute atomic E-state index is 0. The van der Waals surface area contributed by atoms with E-state index in [2.05, 4.69) is 22.1 Å². The molecule has 2 rings (SSSR count). The van der Waals surface area contributed by atoms with Crippen LogP contribution in [0.25, 0.3) is 0 Å². The highest BCUT2D eigenvalue weighted by atomic mass is 127. The number of halogens is 2. The molecule has 0 spiro atoms. The molecule has 0 aromatic heterocycles. The van der Waals surface area contributed by atoms with Crippen LogP contribution in [0.2, 0.25) is 0 Å². The van der Waals surface area contributed by atoms with Gasteiger partial charge in [-0.2, -0.15) is 0 Å². The molecule has 1 aromatic carbocycles. The third kappa shape index (κ3) is 6.55. The van der Waals surface area contributed by atoms with Crippen LogP contribution in [-0.2, 0) is 6.54 Å². The third-order valence-electron chi connectivity index (χ3n) is 4.34. The summed E-state index contributed by atoms with van der Waals surface area (Å²) >= 11 is 0. The van der Waals surface area contributed by atoms with E-state index in [9.17, 15) is 4.39 Å². The Morgan fingerprint density at radius 1 is 1.46 bits per heavy atom. The SMILES string of the molecule is CCCN1CCC(CNC(=NC)N(C)Cc2cccc(F)c2)C1.I. The Labute approximate surface area is 162 Å². The number of nitrogens with one attached hydrogen (secondary N) is 1. The summed E-state index contributed by atoms with van der Waals surface area (Å²) in [6.45, 7) is 7.40. The first-order valence-corrected chi connectivity index (χ1v) is 8.51. The molecule has 24 heavy (non-hydrogen) atoms. The Hall–Kier alpha value is -0.890. The van der Waals surface area contributed by atoms with Crippen molar-refractivity contribution in [1.82, 2.24) is 15.1 Å². The number of hydrogen-bond acceptors (Lipinski definition) is 2. The molecule has 0 bridgehead atoms. The first-order valence-electron chi connectivity index (χ1n) is 8.51. The van der Waals surface area contributed by atoms with Gasteiger partial charge < -0.3 is 15.1 Å². The van der Waals surface area contributed by atoms with E-state index >= 15 is 0 Å². The van der Waals surface area contributed by atoms with Gasteiger partial charge in [0.15, 0.2) is 5.96 Å². The van der Waals surface area contributed by atoms with Crippen LogP contribution in [-0.4, -0.2) is 56.0 Å². The lowest BCUT2D eigenvalue weighted by molar-refractivity contribution is 0.324. The fourth-order valence-electron chi connectivity index (χ4n) is 3.20. The molecule has 136 valence electrons. The quantitative estimate of drug-likeness (QED) is 0.412. The van der Waals surface area contributed by atoms with Gasteiger partial charge >= 0.3 is 0 Å². The van der Waals surface area contributed by atoms with Gasteiger partial charge in [-0.25, -0.2) is 4.39 Å². The van der Waals surface area contributed by atoms with Crippen molar-refractivity contribution in [2.45, 2.75) is 26.3 Å². The standard InChI is InChI=1S/C18H29FN4.HI/c1-4-9-23-10-8-16(14-23)12-21-18(20-2)22(3)13-15-6-5-7-17(19)11-15;/h5-7,11,16H,4,8-10,12-14H2,1-3H3,(H,20,21);1H. The average Bonchev–Trinajstić information content (AvgIpc) is 2.96. The molecule has 0 amide bonds. The van der Waals surface area contributed by atoms with Crippen molar-refractivity contribution in [2.75, 3.05) is 40.3 Å². The van der Waals surface area contributed by atoms with Crippen LogP contribution >= 0.6 is 24.0 Å². The van der Waals surface area contributed by atoms with E-state index in [1.807, 2.05) is 18.0 Å². The lowest BCUT2D eigenvalue weighted by atomic mass is 10.1. The lowest BCUT2D eigenvalue weighted by Gasteiger charge is -2.23. The van der Waals surface area contributed by atoms with E-state index in [0.29, 0.717) is 12.5 Å². The number of likely N-dealkylation sites (tertiary alicyclic amines) is 1. The third-order valence-corrected chi connectivity index (χ3v) is 4.34. The van der Waals surface area contributed by atoms with E-state index in [1.165, 1.54) is 38.5 Å². The van der Waals surface area contributed by atoms with Gasteiger partial charge in [-0.1, -0.05) is 19.1 Å². The minimum atomic E-state index is -0.194. The maximum atomic E-state index is 13.3. The molecule has 1 unspecified atom stereocenters. The van der Waals surface area contributed by atoms with Gasteiger partial charge in [-0.3, -0.25) is 4.99 Å². The highest BCUT2D eigenvalue weighted by molar-refractivity contribution is 14.0. The predicted molar refractivity (Wildman–Crippen MR) is 109 cm³/mol. The number of benzene rings is 1. The zero-order chi connectivity index (χ0) is 16.7. The van der Waals surface area contributed by atoms with E-state index in [-0.39, 0.29) is 29.8 Å². The van der Waals surface area contributed by atoms with Gasteiger partial charge in [0.2, 0.25) is 0 Å². The van der Waals surface area contributed by atoms with Crippen molar-refractivity contribution in [3.05, 3.63) is 35.6 Å². The first kappa shape index (κ1) is 21.2. The van der Waals surface area contributed by atoms with Crippen molar-refractivity contribution in [2.24, 2.45) is 10.9 Å². The van der Waals surface area contributed by atoms with Gasteiger partial charge in [0.1, 0.15) is 5.82 Å². The Morgan fingerprint density at radius 3 is 2.92 bits per heavy atom. The van der Waals surface area contributed by atoms with E-state index < -0.39 is 0 Å². The fourth-order valence-corrected chi connectivity index (χ4v) is 3.20. The summed E-state index contributed by atoms with van der Waals surface area (Å²) in [6, 6.07) is 6.73. The monoisotopic (exact) mass is 448 g/mol. The molecule has 1 atom stereocenters. The number of rotatable bonds is 6. The Morgan fingerprint density at radius 2 is 2.25 bits per heavy atom. The summed E-state index contributed by atoms with van der Waals surface area (Å²) < 4.78 is 13.3. The van der Waals surface area contributed by atoms with Crippen molar-refractivity contribution < 1.29 is 4.39 Å². The first-order chi connectivity index (χ1) is 11.1. The summed E-state index contributed by atoms with van der Waals surface area (Å²) in [4.78, 5) is 8.92. The second-order valence-corrected chi connectivity index (χ2v) is 6.37. The van der Waals surface area contributed by atoms with E-state index in [1.54, 1.807) is 19.2 Å². The van der Waals surface area contributed by atoms with Crippen molar-refractivity contribution >= 4 is 29.9 Å². The van der Waals surface area contributed by atoms with Crippen molar-refractivity contribution in [1.29, 1.82) is 0 Å². The molecule has 4 nitrogen and oxygen atoms in total. The number of nitrogens with zero attached hydrogens (tertiary/aromatic N) is 3. The second-order valence-electron chi connectivity index (χ2n) is 6.37. The summed E-state index contributed by atoms with van der Waals surface area (Å²) in [6.07, 6.45) is 2.47. The van der Waals surface area contributed by atoms with Crippen molar-refractivity contribution in [3.8, 4) is 0 Å². The van der Waals surface area contributed by atoms with E-state index in [0.717, 1.165) is 18.1 Å². The molecule has 1 aliphatic rings. The van der Waals surface area contributed by atoms with Gasteiger partial charge in [-0.05, 0) is 49.5 Å². The highest BCUT2D eigenvalue weighted by Crippen LogP contribution is 2.15. The van der Waals surface area contributed by atoms with Crippen LogP contribution in [0.3, 0.4) is 0 Å². The maximum absolute atomic E-state index is 13.3. The molecule has 1 N–H and O–H groups in total. The van der Waals surface area contributed by atoms with Crippen LogP contribution in [0.1, 0.15) is 25.3 Å². The molecule has 6 heteroatoms. The number of aliphatic imine (C=N–C) groups is 1. The van der Waals surface area contributed by atoms with Gasteiger partial charge in [0.05, 0.1) is 0 Å². The minimum Gasteiger partial charge on any atom is -0.356 e. The van der Waals surface area contributed by atoms with Crippen LogP contribution in [0.4, 0.5) is 4.39 Å². The van der Waals surface area contributed by atoms with Crippen molar-refractivity contribution in [3.63, 3.8) is 0 Å². The van der Waals surface area contributed by atoms with Gasteiger partial charge in [0.25, 0.3) is 0 Å². The molecule has 1 aromatic rings. The second kappa shape index (κ2) is 10.9. The molecule has 0 saturated carbocycles. The zero-order valence-corrected chi connectivity index (χ0v) is 17.3. The summed E-state index contributed by atoms with van der Waals surface area (Å²) in [5.41, 5.74) is 0.949. The zero-order valence-electron chi connectivity index (χ0n) is 15.0. The Bertz CT molecular complexity index is 523. The molecule has 0 aliphatic carbocycles. The largest absolute Gasteiger partial charge is 0.356 e. The fraction of sp³-hybridized carbons (Fsp3) is 0.611. The predicted octanol–water partition coefficient (Wildman–Crippen LogP) is 3.18. The number of guanidine groups is 1. The van der Waals surface area contributed by atoms with Crippen LogP contribution in [0.5, 0.6) is 0 Å². The van der Waals surface area contributed by atoms with Crippen LogP contribution < -0.4 is 5.32 Å². The Balaban J connectivity index is 0.00000288. The van der Waals surface area contributed by atoms with Gasteiger partial charge in [-0.15, -0.1) is 24.0 Å². The molecule has 1 fully saturated rings. The smallest absolute Gasteiger partial charge is 0.193 e. The summed E-state index contributed by atoms with van der Waals surface area (Å²) in [7, 11) is 3.78. The number of hydrogen-bond donors (Lipinski definition) is 1. The lowest BCUT2D eigenvalue weighted by Crippen LogP contribution is -2.41. The Kier molecular flexibility index (Phi) is 9.58. The molecule has 0 radical (unpaired) electrons. The maximum Gasteiger partial charge on any atom is 0.193 e. The normalized spacial score (nSPS) is 18.3. The van der Waals surface area contributed by atoms with Gasteiger partial charge in [0, 0.05) is 33.7 Å². The molecular weight excluding hydrogens is 418 g/mol. The molecule has 1 aliphatic heterocycles. The van der Waals surface area contributed by atoms with Crippen LogP contribution in [0, 0.1) is 11.7 Å². The summed E-state index contributed by atoms with van der Waals surface area (Å²) in [5.74, 6) is 1.35.